The summed E-state index contributed by atoms with van der Waals surface area (Å²) in [6, 6.07) is 2.11. The quantitative estimate of drug-likeness (QED) is 0.820. The second kappa shape index (κ2) is 6.70. The fraction of sp³-hybridized carbons (Fsp3) is 0.462. The largest absolute Gasteiger partial charge is 0.333 e. The van der Waals surface area contributed by atoms with E-state index >= 15 is 0 Å². The van der Waals surface area contributed by atoms with E-state index in [1.807, 2.05) is 6.20 Å². The monoisotopic (exact) mass is 278 g/mol. The Balaban J connectivity index is 0.000000637. The van der Waals surface area contributed by atoms with Gasteiger partial charge in [-0.25, -0.2) is 4.98 Å². The van der Waals surface area contributed by atoms with Gasteiger partial charge in [0.05, 0.1) is 22.8 Å². The zero-order valence-electron chi connectivity index (χ0n) is 10.9. The van der Waals surface area contributed by atoms with E-state index in [1.165, 1.54) is 31.2 Å². The molecule has 0 bridgehead atoms. The first kappa shape index (κ1) is 14.0. The van der Waals surface area contributed by atoms with Crippen molar-refractivity contribution in [2.75, 3.05) is 13.6 Å². The summed E-state index contributed by atoms with van der Waals surface area (Å²) in [6.07, 6.45) is 6.27. The van der Waals surface area contributed by atoms with Crippen LogP contribution in [0, 0.1) is 0 Å². The molecule has 1 unspecified atom stereocenters. The molecule has 1 atom stereocenters. The van der Waals surface area contributed by atoms with Crippen LogP contribution in [0.5, 0.6) is 0 Å². The smallest absolute Gasteiger partial charge is 0.160 e. The van der Waals surface area contributed by atoms with Crippen molar-refractivity contribution < 1.29 is 4.79 Å². The summed E-state index contributed by atoms with van der Waals surface area (Å²) in [6.45, 7) is 1.05. The number of hydrogen-bond acceptors (Lipinski definition) is 6. The zero-order valence-corrected chi connectivity index (χ0v) is 11.7. The van der Waals surface area contributed by atoms with Crippen LogP contribution in [0.25, 0.3) is 10.3 Å². The molecule has 1 aliphatic heterocycles. The molecule has 0 aliphatic carbocycles. The lowest BCUT2D eigenvalue weighted by Gasteiger charge is -2.22. The predicted molar refractivity (Wildman–Crippen MR) is 77.5 cm³/mol. The Morgan fingerprint density at radius 1 is 1.47 bits per heavy atom. The third kappa shape index (κ3) is 3.15. The summed E-state index contributed by atoms with van der Waals surface area (Å²) >= 11 is 1.41. The van der Waals surface area contributed by atoms with Gasteiger partial charge >= 0.3 is 0 Å². The van der Waals surface area contributed by atoms with Crippen molar-refractivity contribution in [2.24, 2.45) is 5.73 Å². The van der Waals surface area contributed by atoms with Crippen LogP contribution in [0.3, 0.4) is 0 Å². The number of nitrogens with two attached hydrogens (primary N) is 1. The Morgan fingerprint density at radius 2 is 2.32 bits per heavy atom. The van der Waals surface area contributed by atoms with Crippen molar-refractivity contribution >= 4 is 28.0 Å². The van der Waals surface area contributed by atoms with Crippen LogP contribution in [0.4, 0.5) is 0 Å². The molecule has 0 amide bonds. The van der Waals surface area contributed by atoms with Crippen LogP contribution in [-0.2, 0) is 0 Å². The predicted octanol–water partition coefficient (Wildman–Crippen LogP) is 1.89. The molecule has 0 saturated carbocycles. The number of thiophene rings is 1. The molecule has 1 aliphatic rings. The summed E-state index contributed by atoms with van der Waals surface area (Å²) in [5.74, 6) is 0. The zero-order chi connectivity index (χ0) is 13.7. The highest BCUT2D eigenvalue weighted by Crippen LogP contribution is 2.25. The van der Waals surface area contributed by atoms with E-state index in [1.54, 1.807) is 6.07 Å². The van der Waals surface area contributed by atoms with E-state index in [-0.39, 0.29) is 0 Å². The summed E-state index contributed by atoms with van der Waals surface area (Å²) < 4.78 is 0. The first-order valence-corrected chi connectivity index (χ1v) is 7.21. The van der Waals surface area contributed by atoms with Crippen molar-refractivity contribution in [3.8, 4) is 0 Å². The minimum atomic E-state index is 0.322. The van der Waals surface area contributed by atoms with Crippen molar-refractivity contribution in [1.82, 2.24) is 15.3 Å². The molecule has 0 spiro atoms. The van der Waals surface area contributed by atoms with E-state index in [0.717, 1.165) is 35.3 Å². The van der Waals surface area contributed by atoms with E-state index < -0.39 is 0 Å². The molecule has 19 heavy (non-hydrogen) atoms. The van der Waals surface area contributed by atoms with Gasteiger partial charge in [-0.3, -0.25) is 9.78 Å². The second-order valence-electron chi connectivity index (χ2n) is 4.25. The fourth-order valence-electron chi connectivity index (χ4n) is 2.17. The van der Waals surface area contributed by atoms with Gasteiger partial charge in [0, 0.05) is 0 Å². The van der Waals surface area contributed by atoms with Gasteiger partial charge in [0.15, 0.2) is 6.29 Å². The molecule has 0 aromatic carbocycles. The minimum absolute atomic E-state index is 0.322. The highest BCUT2D eigenvalue weighted by atomic mass is 32.1. The Hall–Kier alpha value is -1.37. The maximum Gasteiger partial charge on any atom is 0.160 e. The molecule has 6 heteroatoms. The van der Waals surface area contributed by atoms with Crippen molar-refractivity contribution in [2.45, 2.75) is 25.3 Å². The number of rotatable bonds is 2. The highest BCUT2D eigenvalue weighted by molar-refractivity contribution is 7.20. The van der Waals surface area contributed by atoms with Gasteiger partial charge in [0.2, 0.25) is 0 Å². The van der Waals surface area contributed by atoms with Crippen molar-refractivity contribution in [3.63, 3.8) is 0 Å². The number of hydrogen-bond donors (Lipinski definition) is 2. The second-order valence-corrected chi connectivity index (χ2v) is 5.32. The molecule has 3 rings (SSSR count). The Bertz CT molecular complexity index is 549. The summed E-state index contributed by atoms with van der Waals surface area (Å²) in [7, 11) is 1.50. The topological polar surface area (TPSA) is 80.9 Å². The lowest BCUT2D eigenvalue weighted by molar-refractivity contribution is 0.112. The van der Waals surface area contributed by atoms with Gasteiger partial charge in [0.25, 0.3) is 0 Å². The number of nitrogens with zero attached hydrogens (tertiary/aromatic N) is 2. The van der Waals surface area contributed by atoms with Gasteiger partial charge in [-0.15, -0.1) is 11.3 Å². The van der Waals surface area contributed by atoms with Gasteiger partial charge in [-0.1, -0.05) is 6.42 Å². The Kier molecular flexibility index (Phi) is 4.95. The van der Waals surface area contributed by atoms with Crippen molar-refractivity contribution in [1.29, 1.82) is 0 Å². The van der Waals surface area contributed by atoms with Gasteiger partial charge < -0.3 is 11.1 Å². The molecule has 102 valence electrons. The summed E-state index contributed by atoms with van der Waals surface area (Å²) in [4.78, 5) is 21.2. The number of nitrogens with one attached hydrogen (secondary N) is 1. The average molecular weight is 278 g/mol. The standard InChI is InChI=1S/C12H13N3OS.CH5N/c16-7-8-5-10-12(17-8)15-11(6-14-10)9-3-1-2-4-13-9;1-2/h5-7,9,13H,1-4H2;2H2,1H3. The Labute approximate surface area is 116 Å². The number of aromatic nitrogens is 2. The maximum absolute atomic E-state index is 10.7. The SMILES string of the molecule is CN.O=Cc1cc2ncc(C3CCCCN3)nc2s1. The molecule has 1 fully saturated rings. The molecule has 1 saturated heterocycles. The summed E-state index contributed by atoms with van der Waals surface area (Å²) in [5, 5.41) is 3.45. The van der Waals surface area contributed by atoms with Gasteiger partial charge in [-0.2, -0.15) is 0 Å². The number of fused-ring (bicyclic) bond motifs is 1. The lowest BCUT2D eigenvalue weighted by atomic mass is 10.0. The van der Waals surface area contributed by atoms with Crippen LogP contribution < -0.4 is 11.1 Å². The molecule has 3 N–H and O–H groups in total. The van der Waals surface area contributed by atoms with Crippen LogP contribution >= 0.6 is 11.3 Å². The normalized spacial score (nSPS) is 18.7. The van der Waals surface area contributed by atoms with Gasteiger partial charge in [0.1, 0.15) is 10.3 Å². The van der Waals surface area contributed by atoms with Gasteiger partial charge in [-0.05, 0) is 32.5 Å². The third-order valence-electron chi connectivity index (χ3n) is 3.06. The van der Waals surface area contributed by atoms with Crippen LogP contribution in [-0.4, -0.2) is 29.8 Å². The van der Waals surface area contributed by atoms with Crippen LogP contribution in [0.2, 0.25) is 0 Å². The number of carbonyl (C=O) groups excluding carboxylic acids is 1. The first-order valence-electron chi connectivity index (χ1n) is 6.39. The molecule has 2 aromatic rings. The third-order valence-corrected chi connectivity index (χ3v) is 4.01. The van der Waals surface area contributed by atoms with E-state index in [4.69, 9.17) is 0 Å². The maximum atomic E-state index is 10.7. The molecule has 0 radical (unpaired) electrons. The molecular formula is C13H18N4OS. The summed E-state index contributed by atoms with van der Waals surface area (Å²) in [5.41, 5.74) is 6.31. The number of aldehydes is 1. The Morgan fingerprint density at radius 3 is 3.00 bits per heavy atom. The highest BCUT2D eigenvalue weighted by Gasteiger charge is 2.17. The van der Waals surface area contributed by atoms with Crippen molar-refractivity contribution in [3.05, 3.63) is 22.8 Å². The van der Waals surface area contributed by atoms with E-state index in [0.29, 0.717) is 10.9 Å². The molecule has 3 heterocycles. The van der Waals surface area contributed by atoms with Crippen LogP contribution in [0.15, 0.2) is 12.3 Å². The molecule has 2 aromatic heterocycles. The number of carbonyl (C=O) groups is 1. The first-order chi connectivity index (χ1) is 9.36. The fourth-order valence-corrected chi connectivity index (χ4v) is 2.98. The number of piperidine rings is 1. The average Bonchev–Trinajstić information content (AvgIpc) is 2.92. The van der Waals surface area contributed by atoms with Crippen LogP contribution in [0.1, 0.15) is 40.7 Å². The molecule has 5 nitrogen and oxygen atoms in total. The minimum Gasteiger partial charge on any atom is -0.333 e. The molecular weight excluding hydrogens is 260 g/mol. The van der Waals surface area contributed by atoms with E-state index in [2.05, 4.69) is 21.0 Å². The van der Waals surface area contributed by atoms with E-state index in [9.17, 15) is 4.79 Å². The lowest BCUT2D eigenvalue weighted by Crippen LogP contribution is -2.27.